The third-order valence-electron chi connectivity index (χ3n) is 3.99. The third kappa shape index (κ3) is 6.64. The quantitative estimate of drug-likeness (QED) is 0.450. The highest BCUT2D eigenvalue weighted by Crippen LogP contribution is 2.28. The lowest BCUT2D eigenvalue weighted by Gasteiger charge is -2.20. The monoisotopic (exact) mass is 369 g/mol. The first-order valence-corrected chi connectivity index (χ1v) is 9.16. The van der Waals surface area contributed by atoms with Crippen molar-refractivity contribution in [2.75, 3.05) is 26.9 Å². The zero-order valence-corrected chi connectivity index (χ0v) is 16.7. The van der Waals surface area contributed by atoms with E-state index < -0.39 is 0 Å². The van der Waals surface area contributed by atoms with Gasteiger partial charge in [0.05, 0.1) is 18.9 Å². The van der Waals surface area contributed by atoms with Gasteiger partial charge in [-0.15, -0.1) is 0 Å². The van der Waals surface area contributed by atoms with Gasteiger partial charge >= 0.3 is 0 Å². The Morgan fingerprint density at radius 1 is 1.26 bits per heavy atom. The van der Waals surface area contributed by atoms with Gasteiger partial charge in [-0.2, -0.15) is 0 Å². The van der Waals surface area contributed by atoms with E-state index in [-0.39, 0.29) is 6.10 Å². The van der Waals surface area contributed by atoms with Crippen molar-refractivity contribution in [3.63, 3.8) is 0 Å². The molecule has 0 aliphatic carbocycles. The molecule has 0 fully saturated rings. The Morgan fingerprint density at radius 3 is 2.74 bits per heavy atom. The molecule has 0 aliphatic rings. The number of rotatable bonds is 11. The summed E-state index contributed by atoms with van der Waals surface area (Å²) in [5.74, 6) is 2.17. The lowest BCUT2D eigenvalue weighted by Crippen LogP contribution is -2.17. The van der Waals surface area contributed by atoms with Crippen LogP contribution in [0.1, 0.15) is 30.7 Å². The molecule has 0 bridgehead atoms. The standard InChI is InChI=1S/C21H28BNO4/c1-5-25-16(3)14-26-19-10-9-17(13-15(19)2)27-20(11-12-24-4)18-7-6-8-21(22)23-18/h6-10,13,20H,3,5,11-12,14,22H2,1-2,4H3. The molecule has 1 aromatic heterocycles. The number of aromatic nitrogens is 1. The molecule has 0 radical (unpaired) electrons. The Balaban J connectivity index is 2.08. The number of aryl methyl sites for hydroxylation is 1. The number of methoxy groups -OCH3 is 1. The predicted molar refractivity (Wildman–Crippen MR) is 110 cm³/mol. The lowest BCUT2D eigenvalue weighted by molar-refractivity contribution is 0.123. The fourth-order valence-electron chi connectivity index (χ4n) is 2.66. The van der Waals surface area contributed by atoms with Crippen LogP contribution in [0, 0.1) is 6.92 Å². The number of ether oxygens (including phenoxy) is 4. The van der Waals surface area contributed by atoms with Crippen LogP contribution in [0.5, 0.6) is 11.5 Å². The van der Waals surface area contributed by atoms with Gasteiger partial charge in [0.2, 0.25) is 0 Å². The molecule has 27 heavy (non-hydrogen) atoms. The number of hydrogen-bond acceptors (Lipinski definition) is 5. The van der Waals surface area contributed by atoms with Gasteiger partial charge in [-0.25, -0.2) is 0 Å². The van der Waals surface area contributed by atoms with Gasteiger partial charge in [0, 0.05) is 13.5 Å². The molecule has 0 saturated heterocycles. The Morgan fingerprint density at radius 2 is 2.07 bits per heavy atom. The molecule has 6 heteroatoms. The van der Waals surface area contributed by atoms with Crippen molar-refractivity contribution >= 4 is 13.4 Å². The highest BCUT2D eigenvalue weighted by molar-refractivity contribution is 6.30. The SMILES string of the molecule is Bc1cccc(C(CCOC)Oc2ccc(OCC(=C)OCC)c(C)c2)n1. The molecule has 0 N–H and O–H groups in total. The zero-order valence-electron chi connectivity index (χ0n) is 16.7. The van der Waals surface area contributed by atoms with E-state index in [1.54, 1.807) is 7.11 Å². The molecule has 2 rings (SSSR count). The van der Waals surface area contributed by atoms with E-state index in [0.717, 1.165) is 34.8 Å². The minimum absolute atomic E-state index is 0.172. The average molecular weight is 369 g/mol. The van der Waals surface area contributed by atoms with Crippen LogP contribution in [0.3, 0.4) is 0 Å². The predicted octanol–water partition coefficient (Wildman–Crippen LogP) is 2.73. The second-order valence-electron chi connectivity index (χ2n) is 6.28. The van der Waals surface area contributed by atoms with E-state index >= 15 is 0 Å². The van der Waals surface area contributed by atoms with Crippen molar-refractivity contribution in [2.24, 2.45) is 0 Å². The normalized spacial score (nSPS) is 11.7. The molecular formula is C21H28BNO4. The zero-order chi connectivity index (χ0) is 19.6. The number of benzene rings is 1. The molecule has 0 spiro atoms. The van der Waals surface area contributed by atoms with Crippen molar-refractivity contribution < 1.29 is 18.9 Å². The van der Waals surface area contributed by atoms with Crippen LogP contribution in [0.15, 0.2) is 48.7 Å². The van der Waals surface area contributed by atoms with Crippen molar-refractivity contribution in [3.8, 4) is 11.5 Å². The molecule has 1 unspecified atom stereocenters. The first kappa shape index (κ1) is 20.8. The number of nitrogens with zero attached hydrogens (tertiary/aromatic N) is 1. The minimum atomic E-state index is -0.172. The second-order valence-corrected chi connectivity index (χ2v) is 6.28. The number of hydrogen-bond donors (Lipinski definition) is 0. The van der Waals surface area contributed by atoms with E-state index in [0.29, 0.717) is 25.6 Å². The largest absolute Gasteiger partial charge is 0.495 e. The van der Waals surface area contributed by atoms with Crippen LogP contribution in [-0.4, -0.2) is 39.8 Å². The maximum Gasteiger partial charge on any atom is 0.163 e. The van der Waals surface area contributed by atoms with Gasteiger partial charge < -0.3 is 18.9 Å². The van der Waals surface area contributed by atoms with Gasteiger partial charge in [0.15, 0.2) is 7.85 Å². The van der Waals surface area contributed by atoms with Gasteiger partial charge in [-0.05, 0) is 49.3 Å². The molecule has 1 aromatic carbocycles. The van der Waals surface area contributed by atoms with Crippen LogP contribution in [0.4, 0.5) is 0 Å². The lowest BCUT2D eigenvalue weighted by atomic mass is 10.0. The Kier molecular flexibility index (Phi) is 8.20. The van der Waals surface area contributed by atoms with Crippen LogP contribution >= 0.6 is 0 Å². The van der Waals surface area contributed by atoms with Gasteiger partial charge in [0.1, 0.15) is 30.0 Å². The maximum atomic E-state index is 6.22. The maximum absolute atomic E-state index is 6.22. The molecule has 1 atom stereocenters. The summed E-state index contributed by atoms with van der Waals surface area (Å²) < 4.78 is 22.5. The third-order valence-corrected chi connectivity index (χ3v) is 3.99. The topological polar surface area (TPSA) is 49.8 Å². The highest BCUT2D eigenvalue weighted by Gasteiger charge is 2.16. The van der Waals surface area contributed by atoms with Crippen LogP contribution in [0.25, 0.3) is 0 Å². The fourth-order valence-corrected chi connectivity index (χ4v) is 2.66. The van der Waals surface area contributed by atoms with Crippen molar-refractivity contribution in [1.82, 2.24) is 4.98 Å². The van der Waals surface area contributed by atoms with Crippen LogP contribution in [-0.2, 0) is 9.47 Å². The van der Waals surface area contributed by atoms with Crippen molar-refractivity contribution in [1.29, 1.82) is 0 Å². The van der Waals surface area contributed by atoms with Crippen molar-refractivity contribution in [2.45, 2.75) is 26.4 Å². The van der Waals surface area contributed by atoms with E-state index in [1.165, 1.54) is 0 Å². The highest BCUT2D eigenvalue weighted by atomic mass is 16.5. The van der Waals surface area contributed by atoms with Crippen LogP contribution < -0.4 is 15.1 Å². The average Bonchev–Trinajstić information content (AvgIpc) is 2.64. The van der Waals surface area contributed by atoms with Gasteiger partial charge in [0.25, 0.3) is 0 Å². The molecule has 0 aliphatic heterocycles. The summed E-state index contributed by atoms with van der Waals surface area (Å²) in [5.41, 5.74) is 2.85. The summed E-state index contributed by atoms with van der Waals surface area (Å²) in [4.78, 5) is 4.60. The molecule has 0 saturated carbocycles. The van der Waals surface area contributed by atoms with E-state index in [9.17, 15) is 0 Å². The van der Waals surface area contributed by atoms with Gasteiger partial charge in [-0.3, -0.25) is 4.98 Å². The smallest absolute Gasteiger partial charge is 0.163 e. The summed E-state index contributed by atoms with van der Waals surface area (Å²) in [7, 11) is 3.66. The fraction of sp³-hybridized carbons (Fsp3) is 0.381. The van der Waals surface area contributed by atoms with E-state index in [1.807, 2.05) is 58.1 Å². The first-order chi connectivity index (χ1) is 13.0. The summed E-state index contributed by atoms with van der Waals surface area (Å²) in [6, 6.07) is 11.7. The van der Waals surface area contributed by atoms with Gasteiger partial charge in [-0.1, -0.05) is 18.7 Å². The first-order valence-electron chi connectivity index (χ1n) is 9.16. The van der Waals surface area contributed by atoms with E-state index in [4.69, 9.17) is 18.9 Å². The second kappa shape index (κ2) is 10.6. The Bertz CT molecular complexity index is 751. The molecule has 2 aromatic rings. The summed E-state index contributed by atoms with van der Waals surface area (Å²) in [5, 5.41) is 0. The Hall–Kier alpha value is -2.47. The molecule has 5 nitrogen and oxygen atoms in total. The van der Waals surface area contributed by atoms with E-state index in [2.05, 4.69) is 11.6 Å². The molecule has 1 heterocycles. The van der Waals surface area contributed by atoms with Crippen molar-refractivity contribution in [3.05, 3.63) is 60.0 Å². The molecular weight excluding hydrogens is 341 g/mol. The Labute approximate surface area is 162 Å². The molecule has 0 amide bonds. The van der Waals surface area contributed by atoms with Crippen LogP contribution in [0.2, 0.25) is 0 Å². The summed E-state index contributed by atoms with van der Waals surface area (Å²) >= 11 is 0. The molecule has 144 valence electrons. The minimum Gasteiger partial charge on any atom is -0.495 e. The summed E-state index contributed by atoms with van der Waals surface area (Å²) in [6.45, 7) is 9.25. The number of pyridine rings is 1. The summed E-state index contributed by atoms with van der Waals surface area (Å²) in [6.07, 6.45) is 0.548.